The van der Waals surface area contributed by atoms with Gasteiger partial charge in [0.15, 0.2) is 16.3 Å². The van der Waals surface area contributed by atoms with Gasteiger partial charge < -0.3 is 9.67 Å². The molecule has 0 unspecified atom stereocenters. The lowest BCUT2D eigenvalue weighted by Crippen LogP contribution is -2.29. The van der Waals surface area contributed by atoms with Crippen molar-refractivity contribution in [3.63, 3.8) is 0 Å². The van der Waals surface area contributed by atoms with E-state index in [1.807, 2.05) is 6.92 Å². The predicted octanol–water partition coefficient (Wildman–Crippen LogP) is 0.691. The standard InChI is InChI=1S/C13H17ClN4O3S/c1-7(2)5-18-9-10(17(3)12(21)16-11(9)20)15-13(18)22-6-8(19)4-14/h8,19H,1,4-6H2,2-3H3,(H,16,20,21)/t8-/m0/s1. The highest BCUT2D eigenvalue weighted by atomic mass is 35.5. The lowest BCUT2D eigenvalue weighted by molar-refractivity contribution is 0.223. The summed E-state index contributed by atoms with van der Waals surface area (Å²) >= 11 is 6.87. The highest BCUT2D eigenvalue weighted by Gasteiger charge is 2.18. The van der Waals surface area contributed by atoms with Crippen LogP contribution in [0.5, 0.6) is 0 Å². The zero-order valence-corrected chi connectivity index (χ0v) is 13.9. The Hall–Kier alpha value is -1.51. The van der Waals surface area contributed by atoms with E-state index in [0.29, 0.717) is 28.6 Å². The Morgan fingerprint density at radius 1 is 1.55 bits per heavy atom. The molecule has 0 saturated carbocycles. The summed E-state index contributed by atoms with van der Waals surface area (Å²) in [6, 6.07) is 0. The van der Waals surface area contributed by atoms with Crippen molar-refractivity contribution in [1.82, 2.24) is 19.1 Å². The average Bonchev–Trinajstić information content (AvgIpc) is 2.80. The number of rotatable bonds is 6. The Balaban J connectivity index is 2.61. The summed E-state index contributed by atoms with van der Waals surface area (Å²) < 4.78 is 2.98. The lowest BCUT2D eigenvalue weighted by Gasteiger charge is -2.09. The van der Waals surface area contributed by atoms with Gasteiger partial charge in [0.25, 0.3) is 5.56 Å². The van der Waals surface area contributed by atoms with Gasteiger partial charge in [-0.25, -0.2) is 9.78 Å². The molecule has 0 bridgehead atoms. The Labute approximate surface area is 135 Å². The number of allylic oxidation sites excluding steroid dienone is 1. The number of thioether (sulfide) groups is 1. The third kappa shape index (κ3) is 3.29. The maximum Gasteiger partial charge on any atom is 0.329 e. The number of imidazole rings is 1. The number of nitrogens with zero attached hydrogens (tertiary/aromatic N) is 3. The second-order valence-electron chi connectivity index (χ2n) is 5.05. The van der Waals surface area contributed by atoms with Gasteiger partial charge in [0.1, 0.15) is 0 Å². The van der Waals surface area contributed by atoms with Crippen LogP contribution >= 0.6 is 23.4 Å². The van der Waals surface area contributed by atoms with Crippen LogP contribution < -0.4 is 11.2 Å². The molecule has 120 valence electrons. The number of aromatic amines is 1. The number of halogens is 1. The van der Waals surface area contributed by atoms with E-state index in [-0.39, 0.29) is 5.88 Å². The van der Waals surface area contributed by atoms with Gasteiger partial charge in [-0.05, 0) is 6.92 Å². The quantitative estimate of drug-likeness (QED) is 0.457. The third-order valence-corrected chi connectivity index (χ3v) is 4.46. The fraction of sp³-hybridized carbons (Fsp3) is 0.462. The zero-order valence-electron chi connectivity index (χ0n) is 12.3. The maximum atomic E-state index is 12.1. The highest BCUT2D eigenvalue weighted by molar-refractivity contribution is 7.99. The van der Waals surface area contributed by atoms with Gasteiger partial charge in [0, 0.05) is 25.2 Å². The van der Waals surface area contributed by atoms with E-state index in [1.54, 1.807) is 11.6 Å². The van der Waals surface area contributed by atoms with Gasteiger partial charge >= 0.3 is 5.69 Å². The van der Waals surface area contributed by atoms with Gasteiger partial charge in [-0.15, -0.1) is 11.6 Å². The monoisotopic (exact) mass is 344 g/mol. The van der Waals surface area contributed by atoms with Crippen LogP contribution in [0.1, 0.15) is 6.92 Å². The Morgan fingerprint density at radius 2 is 2.23 bits per heavy atom. The summed E-state index contributed by atoms with van der Waals surface area (Å²) in [7, 11) is 1.54. The number of fused-ring (bicyclic) bond motifs is 1. The second kappa shape index (κ2) is 6.72. The molecule has 0 aromatic carbocycles. The molecule has 7 nitrogen and oxygen atoms in total. The van der Waals surface area contributed by atoms with Crippen molar-refractivity contribution in [2.24, 2.45) is 7.05 Å². The van der Waals surface area contributed by atoms with Crippen molar-refractivity contribution in [2.45, 2.75) is 24.7 Å². The third-order valence-electron chi connectivity index (χ3n) is 2.98. The first-order valence-corrected chi connectivity index (χ1v) is 8.08. The molecule has 0 aliphatic carbocycles. The smallest absolute Gasteiger partial charge is 0.329 e. The first-order valence-electron chi connectivity index (χ1n) is 6.56. The number of aliphatic hydroxyl groups excluding tert-OH is 1. The van der Waals surface area contributed by atoms with Crippen LogP contribution in [0.4, 0.5) is 0 Å². The van der Waals surface area contributed by atoms with Crippen LogP contribution in [0.25, 0.3) is 11.2 Å². The zero-order chi connectivity index (χ0) is 16.4. The van der Waals surface area contributed by atoms with E-state index in [0.717, 1.165) is 5.57 Å². The van der Waals surface area contributed by atoms with Gasteiger partial charge in [0.2, 0.25) is 0 Å². The minimum Gasteiger partial charge on any atom is -0.391 e. The second-order valence-corrected chi connectivity index (χ2v) is 6.34. The molecule has 2 rings (SSSR count). The molecule has 9 heteroatoms. The van der Waals surface area contributed by atoms with Crippen molar-refractivity contribution < 1.29 is 5.11 Å². The molecule has 2 aromatic rings. The first kappa shape index (κ1) is 16.9. The fourth-order valence-electron chi connectivity index (χ4n) is 1.96. The van der Waals surface area contributed by atoms with E-state index in [2.05, 4.69) is 16.5 Å². The molecule has 1 atom stereocenters. The van der Waals surface area contributed by atoms with Crippen molar-refractivity contribution in [2.75, 3.05) is 11.6 Å². The molecule has 0 amide bonds. The van der Waals surface area contributed by atoms with Crippen LogP contribution in [-0.2, 0) is 13.6 Å². The molecule has 0 aliphatic rings. The predicted molar refractivity (Wildman–Crippen MR) is 87.9 cm³/mol. The van der Waals surface area contributed by atoms with E-state index in [1.165, 1.54) is 16.3 Å². The molecule has 0 saturated heterocycles. The number of aromatic nitrogens is 4. The molecule has 2 aromatic heterocycles. The van der Waals surface area contributed by atoms with Gasteiger partial charge in [-0.1, -0.05) is 23.9 Å². The molecule has 22 heavy (non-hydrogen) atoms. The van der Waals surface area contributed by atoms with Gasteiger partial charge in [0.05, 0.1) is 6.10 Å². The van der Waals surface area contributed by atoms with Crippen molar-refractivity contribution >= 4 is 34.5 Å². The maximum absolute atomic E-state index is 12.1. The van der Waals surface area contributed by atoms with Crippen LogP contribution in [-0.4, -0.2) is 41.9 Å². The summed E-state index contributed by atoms with van der Waals surface area (Å²) in [6.07, 6.45) is -0.674. The number of hydrogen-bond donors (Lipinski definition) is 2. The number of H-pyrrole nitrogens is 1. The molecular weight excluding hydrogens is 328 g/mol. The summed E-state index contributed by atoms with van der Waals surface area (Å²) in [4.78, 5) is 30.4. The van der Waals surface area contributed by atoms with Crippen LogP contribution in [0.3, 0.4) is 0 Å². The minimum absolute atomic E-state index is 0.118. The molecule has 0 spiro atoms. The highest BCUT2D eigenvalue weighted by Crippen LogP contribution is 2.23. The largest absolute Gasteiger partial charge is 0.391 e. The SMILES string of the molecule is C=C(C)Cn1c(SC[C@@H](O)CCl)nc2c1c(=O)[nH]c(=O)n2C. The van der Waals surface area contributed by atoms with Crippen molar-refractivity contribution in [1.29, 1.82) is 0 Å². The van der Waals surface area contributed by atoms with E-state index < -0.39 is 17.4 Å². The summed E-state index contributed by atoms with van der Waals surface area (Å²) in [6.45, 7) is 6.09. The normalized spacial score (nSPS) is 12.7. The van der Waals surface area contributed by atoms with Crippen LogP contribution in [0.2, 0.25) is 0 Å². The van der Waals surface area contributed by atoms with Crippen LogP contribution in [0, 0.1) is 0 Å². The first-order chi connectivity index (χ1) is 10.3. The fourth-order valence-corrected chi connectivity index (χ4v) is 3.12. The Morgan fingerprint density at radius 3 is 2.82 bits per heavy atom. The number of alkyl halides is 1. The molecule has 2 N–H and O–H groups in total. The van der Waals surface area contributed by atoms with Crippen LogP contribution in [0.15, 0.2) is 26.9 Å². The van der Waals surface area contributed by atoms with Crippen molar-refractivity contribution in [3.05, 3.63) is 33.0 Å². The Bertz CT molecular complexity index is 823. The van der Waals surface area contributed by atoms with Crippen molar-refractivity contribution in [3.8, 4) is 0 Å². The average molecular weight is 345 g/mol. The molecule has 0 aliphatic heterocycles. The summed E-state index contributed by atoms with van der Waals surface area (Å²) in [5.74, 6) is 0.460. The lowest BCUT2D eigenvalue weighted by atomic mass is 10.3. The topological polar surface area (TPSA) is 92.9 Å². The molecular formula is C13H17ClN4O3S. The summed E-state index contributed by atoms with van der Waals surface area (Å²) in [5.41, 5.74) is 0.449. The van der Waals surface area contributed by atoms with E-state index in [4.69, 9.17) is 11.6 Å². The summed E-state index contributed by atoms with van der Waals surface area (Å²) in [5, 5.41) is 10.1. The molecule has 0 radical (unpaired) electrons. The van der Waals surface area contributed by atoms with E-state index >= 15 is 0 Å². The number of nitrogens with one attached hydrogen (secondary N) is 1. The van der Waals surface area contributed by atoms with Gasteiger partial charge in [-0.2, -0.15) is 0 Å². The van der Waals surface area contributed by atoms with Gasteiger partial charge in [-0.3, -0.25) is 14.3 Å². The number of aryl methyl sites for hydroxylation is 1. The molecule has 0 fully saturated rings. The minimum atomic E-state index is -0.674. The Kier molecular flexibility index (Phi) is 5.15. The van der Waals surface area contributed by atoms with E-state index in [9.17, 15) is 14.7 Å². The number of hydrogen-bond acceptors (Lipinski definition) is 5. The number of aliphatic hydroxyl groups is 1. The molecule has 2 heterocycles.